The predicted octanol–water partition coefficient (Wildman–Crippen LogP) is 3.51. The van der Waals surface area contributed by atoms with E-state index < -0.39 is 5.60 Å². The summed E-state index contributed by atoms with van der Waals surface area (Å²) in [6.07, 6.45) is 3.36. The summed E-state index contributed by atoms with van der Waals surface area (Å²) in [6, 6.07) is 5.89. The lowest BCUT2D eigenvalue weighted by Crippen LogP contribution is -2.29. The molecule has 0 saturated heterocycles. The smallest absolute Gasteiger partial charge is 0.229 e. The van der Waals surface area contributed by atoms with Crippen molar-refractivity contribution in [1.29, 1.82) is 0 Å². The SMILES string of the molecule is CC(C)(O)CC(=O)Nc1nc2ccc(Cl)cc2n1C1CCC1. The monoisotopic (exact) mass is 321 g/mol. The molecule has 1 heterocycles. The van der Waals surface area contributed by atoms with Crippen molar-refractivity contribution in [3.63, 3.8) is 0 Å². The van der Waals surface area contributed by atoms with Crippen LogP contribution in [0.15, 0.2) is 18.2 Å². The Labute approximate surface area is 134 Å². The van der Waals surface area contributed by atoms with Crippen molar-refractivity contribution in [1.82, 2.24) is 9.55 Å². The largest absolute Gasteiger partial charge is 0.390 e. The molecule has 0 radical (unpaired) electrons. The molecule has 1 aliphatic rings. The number of aromatic nitrogens is 2. The summed E-state index contributed by atoms with van der Waals surface area (Å²) >= 11 is 6.10. The fraction of sp³-hybridized carbons (Fsp3) is 0.500. The first-order chi connectivity index (χ1) is 10.3. The highest BCUT2D eigenvalue weighted by Gasteiger charge is 2.26. The number of amides is 1. The Kier molecular flexibility index (Phi) is 3.87. The van der Waals surface area contributed by atoms with Crippen molar-refractivity contribution in [2.75, 3.05) is 5.32 Å². The Morgan fingerprint density at radius 1 is 1.50 bits per heavy atom. The number of rotatable bonds is 4. The molecule has 22 heavy (non-hydrogen) atoms. The second kappa shape index (κ2) is 5.56. The molecule has 1 amide bonds. The van der Waals surface area contributed by atoms with Crippen LogP contribution in [0.3, 0.4) is 0 Å². The van der Waals surface area contributed by atoms with E-state index in [1.807, 2.05) is 12.1 Å². The van der Waals surface area contributed by atoms with E-state index in [1.54, 1.807) is 19.9 Å². The number of nitrogens with zero attached hydrogens (tertiary/aromatic N) is 2. The van der Waals surface area contributed by atoms with Crippen LogP contribution in [0.5, 0.6) is 0 Å². The molecule has 2 N–H and O–H groups in total. The first-order valence-corrected chi connectivity index (χ1v) is 7.91. The van der Waals surface area contributed by atoms with Crippen LogP contribution in [0.4, 0.5) is 5.95 Å². The first kappa shape index (κ1) is 15.3. The lowest BCUT2D eigenvalue weighted by Gasteiger charge is -2.29. The maximum Gasteiger partial charge on any atom is 0.229 e. The summed E-state index contributed by atoms with van der Waals surface area (Å²) in [5, 5.41) is 13.3. The van der Waals surface area contributed by atoms with Gasteiger partial charge in [-0.25, -0.2) is 4.98 Å². The van der Waals surface area contributed by atoms with Gasteiger partial charge in [0.05, 0.1) is 23.1 Å². The molecule has 1 aliphatic carbocycles. The van der Waals surface area contributed by atoms with Gasteiger partial charge >= 0.3 is 0 Å². The molecular weight excluding hydrogens is 302 g/mol. The normalized spacial score (nSPS) is 15.8. The summed E-state index contributed by atoms with van der Waals surface area (Å²) in [4.78, 5) is 16.6. The Bertz CT molecular complexity index is 714. The second-order valence-corrected chi connectivity index (χ2v) is 7.00. The third-order valence-corrected chi connectivity index (χ3v) is 4.17. The molecule has 1 aromatic carbocycles. The number of halogens is 1. The molecule has 1 aromatic heterocycles. The molecule has 6 heteroatoms. The Hall–Kier alpha value is -1.59. The number of nitrogens with one attached hydrogen (secondary N) is 1. The summed E-state index contributed by atoms with van der Waals surface area (Å²) < 4.78 is 2.06. The number of carbonyl (C=O) groups excluding carboxylic acids is 1. The molecule has 5 nitrogen and oxygen atoms in total. The number of fused-ring (bicyclic) bond motifs is 1. The van der Waals surface area contributed by atoms with Crippen molar-refractivity contribution in [3.8, 4) is 0 Å². The van der Waals surface area contributed by atoms with Crippen LogP contribution >= 0.6 is 11.6 Å². The molecule has 0 atom stereocenters. The van der Waals surface area contributed by atoms with Crippen LogP contribution in [0.25, 0.3) is 11.0 Å². The van der Waals surface area contributed by atoms with Crippen molar-refractivity contribution in [2.45, 2.75) is 51.2 Å². The molecule has 1 saturated carbocycles. The first-order valence-electron chi connectivity index (χ1n) is 7.53. The average Bonchev–Trinajstić information content (AvgIpc) is 2.63. The fourth-order valence-corrected chi connectivity index (χ4v) is 2.90. The molecular formula is C16H20ClN3O2. The van der Waals surface area contributed by atoms with E-state index in [1.165, 1.54) is 6.42 Å². The Balaban J connectivity index is 1.96. The van der Waals surface area contributed by atoms with Crippen LogP contribution in [0, 0.1) is 0 Å². The van der Waals surface area contributed by atoms with E-state index in [2.05, 4.69) is 14.9 Å². The molecule has 118 valence electrons. The topological polar surface area (TPSA) is 67.2 Å². The molecule has 0 unspecified atom stereocenters. The standard InChI is InChI=1S/C16H20ClN3O2/c1-16(2,22)9-14(21)19-15-18-12-7-6-10(17)8-13(12)20(15)11-4-3-5-11/h6-8,11,22H,3-5,9H2,1-2H3,(H,18,19,21). The number of aliphatic hydroxyl groups is 1. The van der Waals surface area contributed by atoms with Crippen LogP contribution in [-0.2, 0) is 4.79 Å². The van der Waals surface area contributed by atoms with Crippen molar-refractivity contribution in [3.05, 3.63) is 23.2 Å². The summed E-state index contributed by atoms with van der Waals surface area (Å²) in [7, 11) is 0. The van der Waals surface area contributed by atoms with Gasteiger partial charge in [-0.3, -0.25) is 10.1 Å². The lowest BCUT2D eigenvalue weighted by atomic mass is 9.93. The van der Waals surface area contributed by atoms with Gasteiger partial charge in [0.25, 0.3) is 0 Å². The van der Waals surface area contributed by atoms with E-state index >= 15 is 0 Å². The van der Waals surface area contributed by atoms with E-state index in [9.17, 15) is 9.90 Å². The van der Waals surface area contributed by atoms with Gasteiger partial charge in [0.1, 0.15) is 0 Å². The number of benzene rings is 1. The van der Waals surface area contributed by atoms with Crippen molar-refractivity contribution in [2.24, 2.45) is 0 Å². The van der Waals surface area contributed by atoms with E-state index in [-0.39, 0.29) is 12.3 Å². The lowest BCUT2D eigenvalue weighted by molar-refractivity contribution is -0.119. The highest BCUT2D eigenvalue weighted by Crippen LogP contribution is 2.37. The van der Waals surface area contributed by atoms with E-state index in [0.717, 1.165) is 23.9 Å². The van der Waals surface area contributed by atoms with Crippen molar-refractivity contribution >= 4 is 34.5 Å². The fourth-order valence-electron chi connectivity index (χ4n) is 2.73. The maximum atomic E-state index is 12.1. The predicted molar refractivity (Wildman–Crippen MR) is 87.2 cm³/mol. The minimum Gasteiger partial charge on any atom is -0.390 e. The highest BCUT2D eigenvalue weighted by molar-refractivity contribution is 6.31. The van der Waals surface area contributed by atoms with E-state index in [0.29, 0.717) is 17.0 Å². The zero-order valence-electron chi connectivity index (χ0n) is 12.8. The van der Waals surface area contributed by atoms with Crippen LogP contribution in [0.2, 0.25) is 5.02 Å². The number of hydrogen-bond acceptors (Lipinski definition) is 3. The number of anilines is 1. The van der Waals surface area contributed by atoms with E-state index in [4.69, 9.17) is 11.6 Å². The molecule has 0 bridgehead atoms. The average molecular weight is 322 g/mol. The van der Waals surface area contributed by atoms with Gasteiger partial charge in [-0.2, -0.15) is 0 Å². The van der Waals surface area contributed by atoms with Crippen LogP contribution < -0.4 is 5.32 Å². The summed E-state index contributed by atoms with van der Waals surface area (Å²) in [5.74, 6) is 0.297. The number of carbonyl (C=O) groups is 1. The van der Waals surface area contributed by atoms with Gasteiger partial charge in [0.2, 0.25) is 11.9 Å². The van der Waals surface area contributed by atoms with Gasteiger partial charge < -0.3 is 9.67 Å². The van der Waals surface area contributed by atoms with Crippen molar-refractivity contribution < 1.29 is 9.90 Å². The highest BCUT2D eigenvalue weighted by atomic mass is 35.5. The quantitative estimate of drug-likeness (QED) is 0.905. The molecule has 2 aromatic rings. The van der Waals surface area contributed by atoms with Gasteiger partial charge in [-0.05, 0) is 51.3 Å². The molecule has 3 rings (SSSR count). The molecule has 0 aliphatic heterocycles. The third-order valence-electron chi connectivity index (χ3n) is 3.94. The van der Waals surface area contributed by atoms with Crippen LogP contribution in [0.1, 0.15) is 45.6 Å². The minimum absolute atomic E-state index is 0.0294. The second-order valence-electron chi connectivity index (χ2n) is 6.56. The summed E-state index contributed by atoms with van der Waals surface area (Å²) in [6.45, 7) is 3.22. The Morgan fingerprint density at radius 2 is 2.23 bits per heavy atom. The van der Waals surface area contributed by atoms with Gasteiger partial charge in [-0.1, -0.05) is 11.6 Å². The Morgan fingerprint density at radius 3 is 2.82 bits per heavy atom. The number of imidazole rings is 1. The van der Waals surface area contributed by atoms with Gasteiger partial charge in [-0.15, -0.1) is 0 Å². The third kappa shape index (κ3) is 3.10. The maximum absolute atomic E-state index is 12.1. The van der Waals surface area contributed by atoms with Crippen LogP contribution in [-0.4, -0.2) is 26.2 Å². The zero-order chi connectivity index (χ0) is 15.9. The number of hydrogen-bond donors (Lipinski definition) is 2. The van der Waals surface area contributed by atoms with Gasteiger partial charge in [0, 0.05) is 11.1 Å². The van der Waals surface area contributed by atoms with Gasteiger partial charge in [0.15, 0.2) is 0 Å². The molecule has 1 fully saturated rings. The summed E-state index contributed by atoms with van der Waals surface area (Å²) in [5.41, 5.74) is 0.714. The minimum atomic E-state index is -1.04. The molecule has 0 spiro atoms. The zero-order valence-corrected chi connectivity index (χ0v) is 13.5.